The Kier molecular flexibility index (Phi) is 8.77. The predicted octanol–water partition coefficient (Wildman–Crippen LogP) is 4.76. The van der Waals surface area contributed by atoms with Crippen LogP contribution in [0.15, 0.2) is 77.3 Å². The van der Waals surface area contributed by atoms with Crippen LogP contribution in [0.3, 0.4) is 0 Å². The SMILES string of the molecule is COC(=O)c1cccc(CN(Cc2cccc(C(=O)OC)c2)[C@H](CO)c2cccc(Br)c2)c1. The third-order valence-corrected chi connectivity index (χ3v) is 5.81. The normalized spacial score (nSPS) is 11.8. The Balaban J connectivity index is 1.97. The van der Waals surface area contributed by atoms with Gasteiger partial charge in [0.25, 0.3) is 0 Å². The second kappa shape index (κ2) is 11.7. The van der Waals surface area contributed by atoms with Crippen molar-refractivity contribution in [3.63, 3.8) is 0 Å². The van der Waals surface area contributed by atoms with Gasteiger partial charge in [-0.3, -0.25) is 4.90 Å². The zero-order valence-corrected chi connectivity index (χ0v) is 20.1. The Hall–Kier alpha value is -3.00. The van der Waals surface area contributed by atoms with Gasteiger partial charge in [-0.15, -0.1) is 0 Å². The van der Waals surface area contributed by atoms with E-state index >= 15 is 0 Å². The largest absolute Gasteiger partial charge is 0.465 e. The molecule has 7 heteroatoms. The van der Waals surface area contributed by atoms with Crippen molar-refractivity contribution in [1.29, 1.82) is 0 Å². The van der Waals surface area contributed by atoms with Crippen molar-refractivity contribution >= 4 is 27.9 Å². The van der Waals surface area contributed by atoms with E-state index < -0.39 is 11.9 Å². The lowest BCUT2D eigenvalue weighted by Gasteiger charge is -2.31. The van der Waals surface area contributed by atoms with Crippen LogP contribution in [0.4, 0.5) is 0 Å². The van der Waals surface area contributed by atoms with Crippen LogP contribution < -0.4 is 0 Å². The standard InChI is InChI=1S/C26H26BrNO5/c1-32-25(30)21-9-3-6-18(12-21)15-28(24(17-29)20-8-5-11-23(27)14-20)16-19-7-4-10-22(13-19)26(31)33-2/h3-14,24,29H,15-17H2,1-2H3/t24-/m1/s1. The summed E-state index contributed by atoms with van der Waals surface area (Å²) in [6.45, 7) is 0.819. The molecule has 3 rings (SSSR count). The second-order valence-corrected chi connectivity index (χ2v) is 8.46. The number of ether oxygens (including phenoxy) is 2. The van der Waals surface area contributed by atoms with E-state index in [1.165, 1.54) is 14.2 Å². The number of methoxy groups -OCH3 is 2. The Morgan fingerprint density at radius 3 is 1.82 bits per heavy atom. The average Bonchev–Trinajstić information content (AvgIpc) is 2.84. The lowest BCUT2D eigenvalue weighted by atomic mass is 10.0. The highest BCUT2D eigenvalue weighted by atomic mass is 79.9. The van der Waals surface area contributed by atoms with Crippen molar-refractivity contribution in [2.75, 3.05) is 20.8 Å². The molecule has 0 unspecified atom stereocenters. The summed E-state index contributed by atoms with van der Waals surface area (Å²) in [6.07, 6.45) is 0. The topological polar surface area (TPSA) is 76.1 Å². The molecule has 172 valence electrons. The third-order valence-electron chi connectivity index (χ3n) is 5.31. The summed E-state index contributed by atoms with van der Waals surface area (Å²) in [5, 5.41) is 10.4. The quantitative estimate of drug-likeness (QED) is 0.417. The predicted molar refractivity (Wildman–Crippen MR) is 129 cm³/mol. The third kappa shape index (κ3) is 6.51. The monoisotopic (exact) mass is 511 g/mol. The summed E-state index contributed by atoms with van der Waals surface area (Å²) in [5.74, 6) is -0.806. The van der Waals surface area contributed by atoms with Crippen molar-refractivity contribution in [2.24, 2.45) is 0 Å². The fourth-order valence-corrected chi connectivity index (χ4v) is 4.14. The molecule has 0 aliphatic rings. The van der Waals surface area contributed by atoms with Gasteiger partial charge in [0, 0.05) is 17.6 Å². The number of carbonyl (C=O) groups excluding carboxylic acids is 2. The molecule has 33 heavy (non-hydrogen) atoms. The van der Waals surface area contributed by atoms with Gasteiger partial charge in [-0.25, -0.2) is 9.59 Å². The van der Waals surface area contributed by atoms with Gasteiger partial charge < -0.3 is 14.6 Å². The number of aliphatic hydroxyl groups excluding tert-OH is 1. The molecule has 6 nitrogen and oxygen atoms in total. The van der Waals surface area contributed by atoms with Crippen molar-refractivity contribution in [3.8, 4) is 0 Å². The number of rotatable bonds is 9. The minimum atomic E-state index is -0.403. The van der Waals surface area contributed by atoms with Crippen molar-refractivity contribution in [2.45, 2.75) is 19.1 Å². The zero-order chi connectivity index (χ0) is 23.8. The molecule has 0 saturated heterocycles. The molecule has 0 heterocycles. The molecule has 0 radical (unpaired) electrons. The molecule has 0 amide bonds. The Morgan fingerprint density at radius 1 is 0.848 bits per heavy atom. The molecule has 0 saturated carbocycles. The summed E-state index contributed by atoms with van der Waals surface area (Å²) in [4.78, 5) is 26.1. The summed E-state index contributed by atoms with van der Waals surface area (Å²) >= 11 is 3.51. The van der Waals surface area contributed by atoms with Crippen molar-refractivity contribution in [1.82, 2.24) is 4.90 Å². The van der Waals surface area contributed by atoms with E-state index in [2.05, 4.69) is 20.8 Å². The Morgan fingerprint density at radius 2 is 1.36 bits per heavy atom. The maximum Gasteiger partial charge on any atom is 0.337 e. The molecule has 0 fully saturated rings. The Bertz CT molecular complexity index is 1060. The number of benzene rings is 3. The number of hydrogen-bond donors (Lipinski definition) is 1. The van der Waals surface area contributed by atoms with Crippen molar-refractivity contribution in [3.05, 3.63) is 105 Å². The lowest BCUT2D eigenvalue weighted by molar-refractivity contribution is 0.0592. The number of hydrogen-bond acceptors (Lipinski definition) is 6. The van der Waals surface area contributed by atoms with E-state index in [1.54, 1.807) is 24.3 Å². The van der Waals surface area contributed by atoms with Crippen LogP contribution in [-0.2, 0) is 22.6 Å². The van der Waals surface area contributed by atoms with Crippen LogP contribution in [0.5, 0.6) is 0 Å². The van der Waals surface area contributed by atoms with Crippen LogP contribution in [0.25, 0.3) is 0 Å². The van der Waals surface area contributed by atoms with Gasteiger partial charge in [-0.05, 0) is 53.1 Å². The molecule has 1 N–H and O–H groups in total. The smallest absolute Gasteiger partial charge is 0.337 e. The average molecular weight is 512 g/mol. The van der Waals surface area contributed by atoms with Crippen LogP contribution in [-0.4, -0.2) is 42.8 Å². The van der Waals surface area contributed by atoms with Crippen LogP contribution >= 0.6 is 15.9 Å². The molecular weight excluding hydrogens is 486 g/mol. The fraction of sp³-hybridized carbons (Fsp3) is 0.231. The highest BCUT2D eigenvalue weighted by molar-refractivity contribution is 9.10. The van der Waals surface area contributed by atoms with Gasteiger partial charge in [0.1, 0.15) is 0 Å². The molecule has 0 spiro atoms. The highest BCUT2D eigenvalue weighted by Gasteiger charge is 2.22. The molecule has 3 aromatic rings. The number of halogens is 1. The molecule has 1 atom stereocenters. The fourth-order valence-electron chi connectivity index (χ4n) is 3.72. The van der Waals surface area contributed by atoms with E-state index in [0.717, 1.165) is 21.2 Å². The zero-order valence-electron chi connectivity index (χ0n) is 18.5. The van der Waals surface area contributed by atoms with Gasteiger partial charge in [0.2, 0.25) is 0 Å². The van der Waals surface area contributed by atoms with E-state index in [-0.39, 0.29) is 12.6 Å². The molecule has 0 aliphatic carbocycles. The highest BCUT2D eigenvalue weighted by Crippen LogP contribution is 2.27. The van der Waals surface area contributed by atoms with E-state index in [9.17, 15) is 14.7 Å². The summed E-state index contributed by atoms with van der Waals surface area (Å²) in [6, 6.07) is 22.0. The van der Waals surface area contributed by atoms with Crippen LogP contribution in [0.1, 0.15) is 43.4 Å². The van der Waals surface area contributed by atoms with Gasteiger partial charge >= 0.3 is 11.9 Å². The Labute approximate surface area is 201 Å². The first kappa shape index (κ1) is 24.6. The van der Waals surface area contributed by atoms with Gasteiger partial charge in [0.15, 0.2) is 0 Å². The number of esters is 2. The molecular formula is C26H26BrNO5. The molecule has 0 aromatic heterocycles. The van der Waals surface area contributed by atoms with Gasteiger partial charge in [-0.2, -0.15) is 0 Å². The van der Waals surface area contributed by atoms with E-state index in [1.807, 2.05) is 48.5 Å². The summed E-state index contributed by atoms with van der Waals surface area (Å²) in [7, 11) is 2.70. The molecule has 0 aliphatic heterocycles. The maximum absolute atomic E-state index is 12.0. The lowest BCUT2D eigenvalue weighted by Crippen LogP contribution is -2.30. The van der Waals surface area contributed by atoms with Gasteiger partial charge in [0.05, 0.1) is 38.0 Å². The minimum Gasteiger partial charge on any atom is -0.465 e. The summed E-state index contributed by atoms with van der Waals surface area (Å²) < 4.78 is 10.6. The van der Waals surface area contributed by atoms with E-state index in [4.69, 9.17) is 9.47 Å². The van der Waals surface area contributed by atoms with Crippen molar-refractivity contribution < 1.29 is 24.2 Å². The first-order chi connectivity index (χ1) is 15.9. The second-order valence-electron chi connectivity index (χ2n) is 7.54. The van der Waals surface area contributed by atoms with Gasteiger partial charge in [-0.1, -0.05) is 52.3 Å². The number of nitrogens with zero attached hydrogens (tertiary/aromatic N) is 1. The molecule has 0 bridgehead atoms. The first-order valence-corrected chi connectivity index (χ1v) is 11.2. The van der Waals surface area contributed by atoms with Crippen LogP contribution in [0.2, 0.25) is 0 Å². The van der Waals surface area contributed by atoms with Crippen LogP contribution in [0, 0.1) is 0 Å². The number of aliphatic hydroxyl groups is 1. The summed E-state index contributed by atoms with van der Waals surface area (Å²) in [5.41, 5.74) is 3.67. The first-order valence-electron chi connectivity index (χ1n) is 10.4. The molecule has 3 aromatic carbocycles. The minimum absolute atomic E-state index is 0.107. The van der Waals surface area contributed by atoms with E-state index in [0.29, 0.717) is 24.2 Å². The maximum atomic E-state index is 12.0. The number of carbonyl (C=O) groups is 2.